The number of ether oxygens (including phenoxy) is 1. The highest BCUT2D eigenvalue weighted by Crippen LogP contribution is 2.21. The van der Waals surface area contributed by atoms with Crippen molar-refractivity contribution in [2.45, 2.75) is 38.4 Å². The van der Waals surface area contributed by atoms with Crippen LogP contribution < -0.4 is 4.74 Å². The van der Waals surface area contributed by atoms with Crippen LogP contribution in [0.4, 0.5) is 4.39 Å². The zero-order chi connectivity index (χ0) is 20.8. The highest BCUT2D eigenvalue weighted by atomic mass is 19.1. The normalized spacial score (nSPS) is 20.2. The first-order chi connectivity index (χ1) is 14.7. The summed E-state index contributed by atoms with van der Waals surface area (Å²) in [5, 5.41) is 0. The first-order valence-electron chi connectivity index (χ1n) is 11.3. The number of halogens is 1. The molecule has 162 valence electrons. The summed E-state index contributed by atoms with van der Waals surface area (Å²) in [5.41, 5.74) is 2.57. The minimum absolute atomic E-state index is 0.154. The van der Waals surface area contributed by atoms with Crippen molar-refractivity contribution in [2.75, 3.05) is 46.4 Å². The Bertz CT molecular complexity index is 772. The van der Waals surface area contributed by atoms with E-state index in [1.165, 1.54) is 50.0 Å². The number of hydrogen-bond donors (Lipinski definition) is 0. The molecule has 0 bridgehead atoms. The van der Waals surface area contributed by atoms with Crippen LogP contribution in [0, 0.1) is 5.82 Å². The summed E-state index contributed by atoms with van der Waals surface area (Å²) in [6.45, 7) is 8.87. The van der Waals surface area contributed by atoms with Crippen molar-refractivity contribution >= 4 is 0 Å². The van der Waals surface area contributed by atoms with E-state index in [1.54, 1.807) is 19.2 Å². The average Bonchev–Trinajstić information content (AvgIpc) is 3.02. The Morgan fingerprint density at radius 1 is 0.767 bits per heavy atom. The molecule has 0 unspecified atom stereocenters. The van der Waals surface area contributed by atoms with E-state index in [-0.39, 0.29) is 5.82 Å². The molecule has 0 radical (unpaired) electrons. The predicted octanol–water partition coefficient (Wildman–Crippen LogP) is 4.01. The van der Waals surface area contributed by atoms with E-state index in [9.17, 15) is 4.39 Å². The largest absolute Gasteiger partial charge is 0.497 e. The van der Waals surface area contributed by atoms with Gasteiger partial charge in [-0.3, -0.25) is 14.7 Å². The molecule has 4 rings (SSSR count). The van der Waals surface area contributed by atoms with Gasteiger partial charge in [0.1, 0.15) is 11.6 Å². The maximum absolute atomic E-state index is 13.1. The third-order valence-electron chi connectivity index (χ3n) is 6.58. The molecule has 2 aliphatic rings. The zero-order valence-corrected chi connectivity index (χ0v) is 18.1. The summed E-state index contributed by atoms with van der Waals surface area (Å²) in [5.74, 6) is 0.770. The topological polar surface area (TPSA) is 19.0 Å². The molecule has 5 heteroatoms. The van der Waals surface area contributed by atoms with E-state index in [0.29, 0.717) is 6.04 Å². The van der Waals surface area contributed by atoms with E-state index in [1.807, 2.05) is 12.1 Å². The number of benzene rings is 2. The molecule has 4 nitrogen and oxygen atoms in total. The van der Waals surface area contributed by atoms with Gasteiger partial charge in [0.05, 0.1) is 7.11 Å². The summed E-state index contributed by atoms with van der Waals surface area (Å²) in [4.78, 5) is 7.82. The fourth-order valence-electron chi connectivity index (χ4n) is 4.79. The Kier molecular flexibility index (Phi) is 7.37. The molecule has 2 saturated heterocycles. The van der Waals surface area contributed by atoms with Crippen LogP contribution in [0.5, 0.6) is 5.75 Å². The van der Waals surface area contributed by atoms with E-state index in [4.69, 9.17) is 4.74 Å². The van der Waals surface area contributed by atoms with Crippen LogP contribution >= 0.6 is 0 Å². The van der Waals surface area contributed by atoms with Gasteiger partial charge in [-0.25, -0.2) is 4.39 Å². The van der Waals surface area contributed by atoms with Gasteiger partial charge in [0.15, 0.2) is 0 Å². The monoisotopic (exact) mass is 411 g/mol. The summed E-state index contributed by atoms with van der Waals surface area (Å²) in [7, 11) is 1.71. The van der Waals surface area contributed by atoms with Crippen molar-refractivity contribution in [2.24, 2.45) is 0 Å². The Balaban J connectivity index is 1.22. The van der Waals surface area contributed by atoms with Gasteiger partial charge in [-0.1, -0.05) is 24.3 Å². The summed E-state index contributed by atoms with van der Waals surface area (Å²) in [6.07, 6.45) is 3.73. The maximum Gasteiger partial charge on any atom is 0.123 e. The highest BCUT2D eigenvalue weighted by molar-refractivity contribution is 5.27. The van der Waals surface area contributed by atoms with E-state index < -0.39 is 0 Å². The van der Waals surface area contributed by atoms with Crippen LogP contribution in [0.3, 0.4) is 0 Å². The van der Waals surface area contributed by atoms with E-state index in [2.05, 4.69) is 39.0 Å². The molecular weight excluding hydrogens is 377 g/mol. The lowest BCUT2D eigenvalue weighted by Gasteiger charge is -2.38. The van der Waals surface area contributed by atoms with Gasteiger partial charge in [-0.2, -0.15) is 0 Å². The van der Waals surface area contributed by atoms with Crippen LogP contribution in [0.1, 0.15) is 30.4 Å². The molecule has 2 aromatic rings. The molecule has 0 N–H and O–H groups in total. The Morgan fingerprint density at radius 2 is 1.37 bits per heavy atom. The molecule has 2 fully saturated rings. The van der Waals surface area contributed by atoms with Crippen LogP contribution in [0.15, 0.2) is 48.5 Å². The van der Waals surface area contributed by atoms with Gasteiger partial charge in [0.2, 0.25) is 0 Å². The number of piperidine rings is 1. The molecule has 0 aliphatic carbocycles. The second-order valence-electron chi connectivity index (χ2n) is 8.65. The minimum Gasteiger partial charge on any atom is -0.497 e. The lowest BCUT2D eigenvalue weighted by molar-refractivity contribution is 0.106. The Hall–Kier alpha value is -1.95. The number of methoxy groups -OCH3 is 1. The minimum atomic E-state index is -0.154. The van der Waals surface area contributed by atoms with Crippen molar-refractivity contribution < 1.29 is 9.13 Å². The standard InChI is InChI=1S/C25H34FN3O/c1-30-25-9-5-22(6-10-25)20-28-15-11-24(12-16-28)29-14-2-13-27(17-18-29)19-21-3-7-23(26)8-4-21/h3-10,24H,2,11-20H2,1H3. The molecule has 2 aromatic carbocycles. The van der Waals surface area contributed by atoms with Crippen LogP contribution in [0.2, 0.25) is 0 Å². The third-order valence-corrected chi connectivity index (χ3v) is 6.58. The van der Waals surface area contributed by atoms with Gasteiger partial charge in [0.25, 0.3) is 0 Å². The van der Waals surface area contributed by atoms with Crippen molar-refractivity contribution in [3.05, 3.63) is 65.5 Å². The number of nitrogens with zero attached hydrogens (tertiary/aromatic N) is 3. The van der Waals surface area contributed by atoms with Crippen LogP contribution in [-0.4, -0.2) is 67.1 Å². The Labute approximate surface area is 180 Å². The van der Waals surface area contributed by atoms with E-state index in [0.717, 1.165) is 38.5 Å². The Morgan fingerprint density at radius 3 is 2.00 bits per heavy atom. The number of likely N-dealkylation sites (tertiary alicyclic amines) is 1. The molecule has 0 saturated carbocycles. The number of hydrogen-bond acceptors (Lipinski definition) is 4. The molecule has 30 heavy (non-hydrogen) atoms. The summed E-state index contributed by atoms with van der Waals surface area (Å²) >= 11 is 0. The van der Waals surface area contributed by atoms with Gasteiger partial charge in [0, 0.05) is 32.2 Å². The zero-order valence-electron chi connectivity index (χ0n) is 18.1. The number of rotatable bonds is 6. The molecular formula is C25H34FN3O. The van der Waals surface area contributed by atoms with E-state index >= 15 is 0 Å². The first-order valence-corrected chi connectivity index (χ1v) is 11.3. The second kappa shape index (κ2) is 10.4. The second-order valence-corrected chi connectivity index (χ2v) is 8.65. The summed E-state index contributed by atoms with van der Waals surface area (Å²) in [6, 6.07) is 16.1. The third kappa shape index (κ3) is 5.81. The average molecular weight is 412 g/mol. The van der Waals surface area contributed by atoms with Crippen LogP contribution in [0.25, 0.3) is 0 Å². The fraction of sp³-hybridized carbons (Fsp3) is 0.520. The molecule has 0 amide bonds. The van der Waals surface area contributed by atoms with Gasteiger partial charge < -0.3 is 4.74 Å². The van der Waals surface area contributed by atoms with Gasteiger partial charge in [-0.05, 0) is 80.8 Å². The lowest BCUT2D eigenvalue weighted by Crippen LogP contribution is -2.45. The molecule has 2 heterocycles. The maximum atomic E-state index is 13.1. The summed E-state index contributed by atoms with van der Waals surface area (Å²) < 4.78 is 18.4. The van der Waals surface area contributed by atoms with Gasteiger partial charge >= 0.3 is 0 Å². The van der Waals surface area contributed by atoms with Crippen molar-refractivity contribution in [1.82, 2.24) is 14.7 Å². The predicted molar refractivity (Wildman–Crippen MR) is 119 cm³/mol. The lowest BCUT2D eigenvalue weighted by atomic mass is 10.0. The molecule has 0 spiro atoms. The smallest absolute Gasteiger partial charge is 0.123 e. The fourth-order valence-corrected chi connectivity index (χ4v) is 4.79. The highest BCUT2D eigenvalue weighted by Gasteiger charge is 2.26. The van der Waals surface area contributed by atoms with Crippen LogP contribution in [-0.2, 0) is 13.1 Å². The first kappa shape index (κ1) is 21.3. The molecule has 0 atom stereocenters. The quantitative estimate of drug-likeness (QED) is 0.715. The van der Waals surface area contributed by atoms with Crippen molar-refractivity contribution in [3.8, 4) is 5.75 Å². The molecule has 0 aromatic heterocycles. The molecule has 2 aliphatic heterocycles. The van der Waals surface area contributed by atoms with Crippen molar-refractivity contribution in [1.29, 1.82) is 0 Å². The van der Waals surface area contributed by atoms with Crippen molar-refractivity contribution in [3.63, 3.8) is 0 Å². The van der Waals surface area contributed by atoms with Gasteiger partial charge in [-0.15, -0.1) is 0 Å². The SMILES string of the molecule is COc1ccc(CN2CCC(N3CCCN(Cc4ccc(F)cc4)CC3)CC2)cc1.